The molecule has 0 unspecified atom stereocenters. The molecule has 1 nitrogen and oxygen atoms in total. The van der Waals surface area contributed by atoms with E-state index >= 15 is 0 Å². The van der Waals surface area contributed by atoms with Gasteiger partial charge >= 0.3 is 0 Å². The Morgan fingerprint density at radius 2 is 0.840 bits per heavy atom. The van der Waals surface area contributed by atoms with Gasteiger partial charge in [-0.25, -0.2) is 0 Å². The number of rotatable bonds is 3. The molecule has 0 N–H and O–H groups in total. The minimum Gasteiger partial charge on any atom is -0.309 e. The first kappa shape index (κ1) is 27.7. The molecule has 232 valence electrons. The van der Waals surface area contributed by atoms with Crippen molar-refractivity contribution < 1.29 is 0 Å². The van der Waals surface area contributed by atoms with E-state index in [-0.39, 0.29) is 0 Å². The van der Waals surface area contributed by atoms with Crippen LogP contribution in [0.4, 0.5) is 0 Å². The molecule has 9 aromatic carbocycles. The summed E-state index contributed by atoms with van der Waals surface area (Å²) in [6, 6.07) is 65.0. The summed E-state index contributed by atoms with van der Waals surface area (Å²) >= 11 is 1.89. The molecule has 0 atom stereocenters. The van der Waals surface area contributed by atoms with E-state index in [9.17, 15) is 0 Å². The summed E-state index contributed by atoms with van der Waals surface area (Å²) in [6.45, 7) is 0. The maximum Gasteiger partial charge on any atom is 0.0547 e. The molecule has 50 heavy (non-hydrogen) atoms. The molecule has 0 saturated carbocycles. The van der Waals surface area contributed by atoms with E-state index in [1.54, 1.807) is 0 Å². The molecule has 0 saturated heterocycles. The third-order valence-corrected chi connectivity index (χ3v) is 11.7. The lowest BCUT2D eigenvalue weighted by atomic mass is 9.92. The average Bonchev–Trinajstić information content (AvgIpc) is 3.71. The van der Waals surface area contributed by atoms with Crippen LogP contribution in [-0.4, -0.2) is 4.57 Å². The largest absolute Gasteiger partial charge is 0.309 e. The number of nitrogens with zero attached hydrogens (tertiary/aromatic N) is 1. The predicted octanol–water partition coefficient (Wildman–Crippen LogP) is 13.9. The summed E-state index contributed by atoms with van der Waals surface area (Å²) in [7, 11) is 0. The molecule has 0 bridgehead atoms. The van der Waals surface area contributed by atoms with Crippen LogP contribution in [0.1, 0.15) is 0 Å². The van der Waals surface area contributed by atoms with E-state index in [1.807, 2.05) is 11.3 Å². The van der Waals surface area contributed by atoms with Crippen LogP contribution in [-0.2, 0) is 0 Å². The Morgan fingerprint density at radius 1 is 0.280 bits per heavy atom. The van der Waals surface area contributed by atoms with E-state index in [4.69, 9.17) is 0 Å². The van der Waals surface area contributed by atoms with Crippen molar-refractivity contribution in [3.05, 3.63) is 176 Å². The van der Waals surface area contributed by atoms with Gasteiger partial charge in [0.1, 0.15) is 0 Å². The Hall–Kier alpha value is -6.22. The van der Waals surface area contributed by atoms with Crippen LogP contribution in [0.2, 0.25) is 0 Å². The minimum absolute atomic E-state index is 1.16. The standard InChI is InChI=1S/C48H29NS/c1-3-12-30(13-4-1)32-16-11-17-34(24-32)49-45-23-22-33(31-14-5-2-6-15-31)25-42(45)43-26-38-35-18-7-8-19-36(35)39-27-44-37-20-9-10-21-47(37)50-48(44)29-41(39)40(38)28-46(43)49/h1-29H. The van der Waals surface area contributed by atoms with Crippen molar-refractivity contribution in [1.29, 1.82) is 0 Å². The normalized spacial score (nSPS) is 12.0. The third kappa shape index (κ3) is 4.06. The number of benzene rings is 9. The zero-order valence-corrected chi connectivity index (χ0v) is 27.9. The van der Waals surface area contributed by atoms with Crippen LogP contribution < -0.4 is 0 Å². The SMILES string of the molecule is c1ccc(-c2cccc(-n3c4ccc(-c5ccccc5)cc4c4cc5c6ccccc6c6cc7c(cc6c5cc43)sc3ccccc37)c2)cc1. The number of hydrogen-bond donors (Lipinski definition) is 0. The topological polar surface area (TPSA) is 4.93 Å². The number of fused-ring (bicyclic) bond motifs is 12. The van der Waals surface area contributed by atoms with Crippen molar-refractivity contribution in [2.45, 2.75) is 0 Å². The van der Waals surface area contributed by atoms with E-state index < -0.39 is 0 Å². The molecule has 2 heteroatoms. The van der Waals surface area contributed by atoms with Gasteiger partial charge in [0.15, 0.2) is 0 Å². The van der Waals surface area contributed by atoms with Crippen LogP contribution in [0.5, 0.6) is 0 Å². The van der Waals surface area contributed by atoms with E-state index in [1.165, 1.54) is 96.5 Å². The zero-order chi connectivity index (χ0) is 32.8. The van der Waals surface area contributed by atoms with Gasteiger partial charge in [0.05, 0.1) is 11.0 Å². The highest BCUT2D eigenvalue weighted by atomic mass is 32.1. The van der Waals surface area contributed by atoms with Crippen molar-refractivity contribution in [1.82, 2.24) is 4.57 Å². The number of aromatic nitrogens is 1. The Kier molecular flexibility index (Phi) is 5.89. The van der Waals surface area contributed by atoms with Gasteiger partial charge in [0.25, 0.3) is 0 Å². The molecular weight excluding hydrogens is 623 g/mol. The molecule has 0 amide bonds. The fourth-order valence-corrected chi connectivity index (χ4v) is 9.35. The van der Waals surface area contributed by atoms with Crippen molar-refractivity contribution in [2.24, 2.45) is 0 Å². The van der Waals surface area contributed by atoms with Crippen LogP contribution in [0.3, 0.4) is 0 Å². The van der Waals surface area contributed by atoms with Crippen LogP contribution >= 0.6 is 11.3 Å². The van der Waals surface area contributed by atoms with E-state index in [0.717, 1.165) is 5.69 Å². The lowest BCUT2D eigenvalue weighted by Gasteiger charge is -2.13. The van der Waals surface area contributed by atoms with Crippen molar-refractivity contribution in [3.63, 3.8) is 0 Å². The molecule has 0 radical (unpaired) electrons. The zero-order valence-electron chi connectivity index (χ0n) is 27.1. The molecule has 0 aliphatic heterocycles. The second-order valence-corrected chi connectivity index (χ2v) is 14.4. The van der Waals surface area contributed by atoms with Crippen LogP contribution in [0.15, 0.2) is 176 Å². The Balaban J connectivity index is 1.29. The molecule has 0 aliphatic rings. The van der Waals surface area contributed by atoms with Gasteiger partial charge in [-0.15, -0.1) is 11.3 Å². The molecule has 2 heterocycles. The first-order valence-corrected chi connectivity index (χ1v) is 18.0. The quantitative estimate of drug-likeness (QED) is 0.168. The Labute approximate surface area is 292 Å². The summed E-state index contributed by atoms with van der Waals surface area (Å²) in [5.74, 6) is 0. The van der Waals surface area contributed by atoms with Crippen molar-refractivity contribution in [3.8, 4) is 27.9 Å². The molecular formula is C48H29NS. The molecule has 0 fully saturated rings. The summed E-state index contributed by atoms with van der Waals surface area (Å²) < 4.78 is 5.14. The van der Waals surface area contributed by atoms with Gasteiger partial charge in [0, 0.05) is 36.6 Å². The van der Waals surface area contributed by atoms with Crippen molar-refractivity contribution in [2.75, 3.05) is 0 Å². The summed E-state index contributed by atoms with van der Waals surface area (Å²) in [6.07, 6.45) is 0. The maximum absolute atomic E-state index is 2.48. The highest BCUT2D eigenvalue weighted by molar-refractivity contribution is 7.25. The second-order valence-electron chi connectivity index (χ2n) is 13.3. The second kappa shape index (κ2) is 10.6. The Morgan fingerprint density at radius 3 is 1.58 bits per heavy atom. The lowest BCUT2D eigenvalue weighted by Crippen LogP contribution is -1.95. The summed E-state index contributed by atoms with van der Waals surface area (Å²) in [5.41, 5.74) is 8.48. The number of thiophene rings is 1. The van der Waals surface area contributed by atoms with Crippen LogP contribution in [0.25, 0.3) is 102 Å². The van der Waals surface area contributed by atoms with E-state index in [0.29, 0.717) is 0 Å². The predicted molar refractivity (Wildman–Crippen MR) is 217 cm³/mol. The smallest absolute Gasteiger partial charge is 0.0547 e. The van der Waals surface area contributed by atoms with Gasteiger partial charge in [-0.1, -0.05) is 121 Å². The minimum atomic E-state index is 1.16. The first-order chi connectivity index (χ1) is 24.8. The molecule has 11 aromatic rings. The fraction of sp³-hybridized carbons (Fsp3) is 0. The van der Waals surface area contributed by atoms with Crippen molar-refractivity contribution >= 4 is 85.6 Å². The van der Waals surface area contributed by atoms with Gasteiger partial charge in [-0.05, 0) is 109 Å². The lowest BCUT2D eigenvalue weighted by molar-refractivity contribution is 1.18. The highest BCUT2D eigenvalue weighted by Crippen LogP contribution is 2.45. The number of hydrogen-bond acceptors (Lipinski definition) is 1. The van der Waals surface area contributed by atoms with E-state index in [2.05, 4.69) is 180 Å². The molecule has 2 aromatic heterocycles. The first-order valence-electron chi connectivity index (χ1n) is 17.2. The van der Waals surface area contributed by atoms with Gasteiger partial charge in [0.2, 0.25) is 0 Å². The fourth-order valence-electron chi connectivity index (χ4n) is 8.22. The molecule has 11 rings (SSSR count). The summed E-state index contributed by atoms with van der Waals surface area (Å²) in [4.78, 5) is 0. The Bertz CT molecular complexity index is 3130. The summed E-state index contributed by atoms with van der Waals surface area (Å²) in [5, 5.41) is 13.0. The monoisotopic (exact) mass is 651 g/mol. The van der Waals surface area contributed by atoms with Gasteiger partial charge < -0.3 is 4.57 Å². The average molecular weight is 652 g/mol. The van der Waals surface area contributed by atoms with Gasteiger partial charge in [-0.3, -0.25) is 0 Å². The molecule has 0 spiro atoms. The highest BCUT2D eigenvalue weighted by Gasteiger charge is 2.19. The van der Waals surface area contributed by atoms with Crippen LogP contribution in [0, 0.1) is 0 Å². The van der Waals surface area contributed by atoms with Gasteiger partial charge in [-0.2, -0.15) is 0 Å². The third-order valence-electron chi connectivity index (χ3n) is 10.5. The maximum atomic E-state index is 2.48. The molecule has 0 aliphatic carbocycles.